The Morgan fingerprint density at radius 1 is 1.31 bits per heavy atom. The SMILES string of the molecule is CC(C)OC(=O)c1ccc(Cl)cc1-c1ccc(C=Nc2sc3c(c2C#N)CC[C@@H](C(C)(C)C)C3)o1. The van der Waals surface area contributed by atoms with E-state index in [9.17, 15) is 10.1 Å². The Kier molecular flexibility index (Phi) is 7.21. The van der Waals surface area contributed by atoms with Crippen LogP contribution in [0.15, 0.2) is 39.7 Å². The normalized spacial score (nSPS) is 15.9. The third-order valence-corrected chi connectivity index (χ3v) is 7.73. The summed E-state index contributed by atoms with van der Waals surface area (Å²) >= 11 is 7.80. The second-order valence-electron chi connectivity index (χ2n) is 10.2. The Morgan fingerprint density at radius 2 is 2.09 bits per heavy atom. The smallest absolute Gasteiger partial charge is 0.339 e. The van der Waals surface area contributed by atoms with E-state index in [1.54, 1.807) is 61.7 Å². The molecule has 0 saturated heterocycles. The second kappa shape index (κ2) is 10.0. The van der Waals surface area contributed by atoms with Crippen LogP contribution in [-0.4, -0.2) is 18.3 Å². The summed E-state index contributed by atoms with van der Waals surface area (Å²) in [6.45, 7) is 10.4. The van der Waals surface area contributed by atoms with Crippen molar-refractivity contribution in [1.29, 1.82) is 5.26 Å². The van der Waals surface area contributed by atoms with Crippen LogP contribution in [0.2, 0.25) is 5.02 Å². The van der Waals surface area contributed by atoms with E-state index in [0.717, 1.165) is 24.8 Å². The first kappa shape index (κ1) is 25.2. The summed E-state index contributed by atoms with van der Waals surface area (Å²) in [6, 6.07) is 10.9. The van der Waals surface area contributed by atoms with Gasteiger partial charge < -0.3 is 9.15 Å². The third kappa shape index (κ3) is 5.52. The van der Waals surface area contributed by atoms with E-state index in [2.05, 4.69) is 31.8 Å². The van der Waals surface area contributed by atoms with Crippen LogP contribution in [0.25, 0.3) is 11.3 Å². The number of carbonyl (C=O) groups excluding carboxylic acids is 1. The summed E-state index contributed by atoms with van der Waals surface area (Å²) in [5.41, 5.74) is 3.00. The number of rotatable bonds is 5. The van der Waals surface area contributed by atoms with Crippen molar-refractivity contribution in [3.63, 3.8) is 0 Å². The lowest BCUT2D eigenvalue weighted by Gasteiger charge is -2.33. The van der Waals surface area contributed by atoms with Crippen LogP contribution in [0.5, 0.6) is 0 Å². The summed E-state index contributed by atoms with van der Waals surface area (Å²) in [6.07, 6.45) is 4.38. The molecule has 7 heteroatoms. The first-order valence-corrected chi connectivity index (χ1v) is 13.0. The number of thiophene rings is 1. The number of nitriles is 1. The van der Waals surface area contributed by atoms with Gasteiger partial charge in [-0.1, -0.05) is 32.4 Å². The van der Waals surface area contributed by atoms with E-state index in [-0.39, 0.29) is 11.5 Å². The summed E-state index contributed by atoms with van der Waals surface area (Å²) in [4.78, 5) is 18.5. The molecule has 5 nitrogen and oxygen atoms in total. The van der Waals surface area contributed by atoms with E-state index in [1.165, 1.54) is 4.88 Å². The molecule has 0 amide bonds. The van der Waals surface area contributed by atoms with Crippen LogP contribution < -0.4 is 0 Å². The zero-order chi connectivity index (χ0) is 25.3. The Morgan fingerprint density at radius 3 is 2.77 bits per heavy atom. The van der Waals surface area contributed by atoms with Crippen LogP contribution in [0.1, 0.15) is 73.2 Å². The molecule has 0 radical (unpaired) electrons. The standard InChI is InChI=1S/C28H29ClN2O3S/c1-16(2)33-27(32)21-10-7-18(29)13-22(21)24-11-8-19(34-24)15-31-26-23(14-30)20-9-6-17(28(3,4)5)12-25(20)35-26/h7-8,10-11,13,15-17H,6,9,12H2,1-5H3/t17-/m1/s1. The molecule has 0 spiro atoms. The fourth-order valence-electron chi connectivity index (χ4n) is 4.38. The number of fused-ring (bicyclic) bond motifs is 1. The van der Waals surface area contributed by atoms with Gasteiger partial charge in [0.25, 0.3) is 0 Å². The fraction of sp³-hybridized carbons (Fsp3) is 0.393. The van der Waals surface area contributed by atoms with Crippen LogP contribution in [0.4, 0.5) is 5.00 Å². The maximum atomic E-state index is 12.6. The molecule has 0 fully saturated rings. The maximum Gasteiger partial charge on any atom is 0.339 e. The van der Waals surface area contributed by atoms with Crippen molar-refractivity contribution in [2.45, 2.75) is 60.0 Å². The predicted molar refractivity (Wildman–Crippen MR) is 141 cm³/mol. The van der Waals surface area contributed by atoms with Crippen LogP contribution in [0.3, 0.4) is 0 Å². The Bertz CT molecular complexity index is 1320. The number of halogens is 1. The number of ether oxygens (including phenoxy) is 1. The molecule has 1 aromatic carbocycles. The molecule has 0 bridgehead atoms. The highest BCUT2D eigenvalue weighted by molar-refractivity contribution is 7.16. The molecule has 0 unspecified atom stereocenters. The zero-order valence-corrected chi connectivity index (χ0v) is 22.2. The summed E-state index contributed by atoms with van der Waals surface area (Å²) < 4.78 is 11.4. The molecule has 0 N–H and O–H groups in total. The van der Waals surface area contributed by atoms with Gasteiger partial charge in [0.2, 0.25) is 0 Å². The number of benzene rings is 1. The number of carbonyl (C=O) groups is 1. The Labute approximate surface area is 215 Å². The largest absolute Gasteiger partial charge is 0.459 e. The number of hydrogen-bond acceptors (Lipinski definition) is 6. The minimum Gasteiger partial charge on any atom is -0.459 e. The van der Waals surface area contributed by atoms with Crippen LogP contribution >= 0.6 is 22.9 Å². The topological polar surface area (TPSA) is 75.6 Å². The van der Waals surface area contributed by atoms with Gasteiger partial charge in [0.1, 0.15) is 22.6 Å². The predicted octanol–water partition coefficient (Wildman–Crippen LogP) is 8.00. The summed E-state index contributed by atoms with van der Waals surface area (Å²) in [7, 11) is 0. The second-order valence-corrected chi connectivity index (χ2v) is 11.7. The molecule has 0 saturated carbocycles. The average Bonchev–Trinajstić information content (AvgIpc) is 3.40. The van der Waals surface area contributed by atoms with E-state index in [1.807, 2.05) is 0 Å². The lowest BCUT2D eigenvalue weighted by atomic mass is 9.72. The van der Waals surface area contributed by atoms with Crippen molar-refractivity contribution in [1.82, 2.24) is 0 Å². The van der Waals surface area contributed by atoms with Gasteiger partial charge in [-0.05, 0) is 80.3 Å². The molecule has 2 heterocycles. The monoisotopic (exact) mass is 508 g/mol. The lowest BCUT2D eigenvalue weighted by molar-refractivity contribution is 0.0378. The molecule has 0 aliphatic heterocycles. The van der Waals surface area contributed by atoms with Gasteiger partial charge in [-0.2, -0.15) is 5.26 Å². The first-order chi connectivity index (χ1) is 16.6. The zero-order valence-electron chi connectivity index (χ0n) is 20.6. The van der Waals surface area contributed by atoms with E-state index < -0.39 is 5.97 Å². The maximum absolute atomic E-state index is 12.6. The quantitative estimate of drug-likeness (QED) is 0.258. The van der Waals surface area contributed by atoms with E-state index >= 15 is 0 Å². The molecule has 1 aliphatic carbocycles. The van der Waals surface area contributed by atoms with Gasteiger partial charge in [0, 0.05) is 15.5 Å². The molecule has 1 aliphatic rings. The third-order valence-electron chi connectivity index (χ3n) is 6.33. The number of furan rings is 1. The molecule has 4 rings (SSSR count). The first-order valence-electron chi connectivity index (χ1n) is 11.8. The van der Waals surface area contributed by atoms with Crippen molar-refractivity contribution < 1.29 is 13.9 Å². The molecular weight excluding hydrogens is 480 g/mol. The minimum absolute atomic E-state index is 0.239. The number of esters is 1. The minimum atomic E-state index is -0.435. The van der Waals surface area contributed by atoms with Crippen molar-refractivity contribution >= 4 is 40.1 Å². The van der Waals surface area contributed by atoms with Crippen molar-refractivity contribution in [3.8, 4) is 17.4 Å². The Hall–Kier alpha value is -2.88. The van der Waals surface area contributed by atoms with Crippen molar-refractivity contribution in [2.75, 3.05) is 0 Å². The molecule has 2 aromatic heterocycles. The lowest BCUT2D eigenvalue weighted by Crippen LogP contribution is -2.26. The van der Waals surface area contributed by atoms with E-state index in [0.29, 0.717) is 44.2 Å². The van der Waals surface area contributed by atoms with Crippen LogP contribution in [-0.2, 0) is 17.6 Å². The number of nitrogens with zero attached hydrogens (tertiary/aromatic N) is 2. The van der Waals surface area contributed by atoms with Gasteiger partial charge in [-0.15, -0.1) is 11.3 Å². The van der Waals surface area contributed by atoms with Crippen LogP contribution in [0, 0.1) is 22.7 Å². The fourth-order valence-corrected chi connectivity index (χ4v) is 5.78. The molecule has 3 aromatic rings. The Balaban J connectivity index is 1.61. The number of aliphatic imine (C=N–C) groups is 1. The highest BCUT2D eigenvalue weighted by atomic mass is 35.5. The highest BCUT2D eigenvalue weighted by Gasteiger charge is 2.32. The van der Waals surface area contributed by atoms with Crippen molar-refractivity contribution in [2.24, 2.45) is 16.3 Å². The van der Waals surface area contributed by atoms with Gasteiger partial charge in [0.15, 0.2) is 0 Å². The molecule has 182 valence electrons. The highest BCUT2D eigenvalue weighted by Crippen LogP contribution is 2.45. The van der Waals surface area contributed by atoms with Gasteiger partial charge in [-0.3, -0.25) is 0 Å². The van der Waals surface area contributed by atoms with Crippen molar-refractivity contribution in [3.05, 3.63) is 62.7 Å². The van der Waals surface area contributed by atoms with Gasteiger partial charge in [0.05, 0.1) is 23.4 Å². The molecule has 35 heavy (non-hydrogen) atoms. The average molecular weight is 509 g/mol. The number of hydrogen-bond donors (Lipinski definition) is 0. The summed E-state index contributed by atoms with van der Waals surface area (Å²) in [5.74, 6) is 1.17. The van der Waals surface area contributed by atoms with Gasteiger partial charge >= 0.3 is 5.97 Å². The van der Waals surface area contributed by atoms with Gasteiger partial charge in [-0.25, -0.2) is 9.79 Å². The summed E-state index contributed by atoms with van der Waals surface area (Å²) in [5, 5.41) is 11.0. The molecular formula is C28H29ClN2O3S. The molecule has 1 atom stereocenters. The van der Waals surface area contributed by atoms with E-state index in [4.69, 9.17) is 20.8 Å².